The molecule has 0 radical (unpaired) electrons. The fraction of sp³-hybridized carbons (Fsp3) is 0. The van der Waals surface area contributed by atoms with Gasteiger partial charge in [0.1, 0.15) is 11.6 Å². The largest absolute Gasteiger partial charge is 0.502 e. The minimum atomic E-state index is -0.746. The molecule has 0 saturated carbocycles. The summed E-state index contributed by atoms with van der Waals surface area (Å²) in [5.41, 5.74) is 0.490. The Hall–Kier alpha value is -3.63. The van der Waals surface area contributed by atoms with Crippen molar-refractivity contribution < 1.29 is 14.8 Å². The lowest BCUT2D eigenvalue weighted by Gasteiger charge is -2.01. The molecule has 2 N–H and O–H groups in total. The van der Waals surface area contributed by atoms with Gasteiger partial charge in [-0.15, -0.1) is 0 Å². The van der Waals surface area contributed by atoms with Crippen LogP contribution in [-0.4, -0.2) is 20.8 Å². The van der Waals surface area contributed by atoms with E-state index in [2.05, 4.69) is 4.98 Å². The second kappa shape index (κ2) is 6.70. The third-order valence-electron chi connectivity index (χ3n) is 3.76. The number of H-pyrrole nitrogens is 1. The number of nitrogens with zero attached hydrogens (tertiary/aromatic N) is 2. The van der Waals surface area contributed by atoms with Crippen LogP contribution in [0, 0.1) is 21.4 Å². The number of nitro benzene ring substituents is 1. The fourth-order valence-corrected chi connectivity index (χ4v) is 2.70. The molecule has 1 aromatic heterocycles. The quantitative estimate of drug-likeness (QED) is 0.235. The Morgan fingerprint density at radius 3 is 2.77 bits per heavy atom. The first-order valence-electron chi connectivity index (χ1n) is 7.31. The highest BCUT2D eigenvalue weighted by Gasteiger charge is 2.18. The number of aromatic amines is 1. The number of carbonyl (C=O) groups excluding carboxylic acids is 1. The van der Waals surface area contributed by atoms with Crippen LogP contribution >= 0.6 is 11.6 Å². The number of benzene rings is 2. The van der Waals surface area contributed by atoms with E-state index in [1.807, 2.05) is 6.07 Å². The molecule has 128 valence electrons. The Morgan fingerprint density at radius 1 is 1.31 bits per heavy atom. The highest BCUT2D eigenvalue weighted by atomic mass is 35.5. The maximum atomic E-state index is 12.7. The van der Waals surface area contributed by atoms with E-state index >= 15 is 0 Å². The average Bonchev–Trinajstić information content (AvgIpc) is 3.03. The molecule has 0 aliphatic heterocycles. The summed E-state index contributed by atoms with van der Waals surface area (Å²) in [6.45, 7) is 0. The summed E-state index contributed by atoms with van der Waals surface area (Å²) in [5.74, 6) is -1.03. The summed E-state index contributed by atoms with van der Waals surface area (Å²) in [5, 5.41) is 30.9. The van der Waals surface area contributed by atoms with Crippen LogP contribution in [0.1, 0.15) is 15.9 Å². The predicted molar refractivity (Wildman–Crippen MR) is 96.0 cm³/mol. The predicted octanol–water partition coefficient (Wildman–Crippen LogP) is 4.22. The average molecular weight is 368 g/mol. The molecule has 0 bridgehead atoms. The van der Waals surface area contributed by atoms with Gasteiger partial charge in [0, 0.05) is 33.8 Å². The number of hydrogen-bond acceptors (Lipinski definition) is 5. The van der Waals surface area contributed by atoms with Crippen molar-refractivity contribution in [1.29, 1.82) is 5.26 Å². The van der Waals surface area contributed by atoms with Crippen molar-refractivity contribution in [3.63, 3.8) is 0 Å². The number of ketones is 1. The highest BCUT2D eigenvalue weighted by Crippen LogP contribution is 2.28. The molecular formula is C18H10ClN3O4. The molecule has 0 fully saturated rings. The molecular weight excluding hydrogens is 358 g/mol. The molecule has 0 atom stereocenters. The fourth-order valence-electron chi connectivity index (χ4n) is 2.52. The number of Topliss-reactive ketones (excluding diaryl/α,β-unsaturated/α-hetero) is 1. The zero-order chi connectivity index (χ0) is 18.8. The minimum absolute atomic E-state index is 0.194. The first kappa shape index (κ1) is 17.2. The van der Waals surface area contributed by atoms with Crippen molar-refractivity contribution in [3.8, 4) is 11.8 Å². The van der Waals surface area contributed by atoms with Crippen LogP contribution in [0.5, 0.6) is 5.75 Å². The van der Waals surface area contributed by atoms with Gasteiger partial charge in [-0.1, -0.05) is 23.7 Å². The normalized spacial score (nSPS) is 11.3. The molecule has 2 aromatic carbocycles. The van der Waals surface area contributed by atoms with E-state index in [9.17, 15) is 25.3 Å². The SMILES string of the molecule is N#C/C(=C/c1ccc(O)c([N+](=O)[O-])c1)C(=O)c1c[nH]c2cc(Cl)ccc12. The lowest BCUT2D eigenvalue weighted by molar-refractivity contribution is -0.385. The smallest absolute Gasteiger partial charge is 0.311 e. The lowest BCUT2D eigenvalue weighted by Crippen LogP contribution is -2.01. The van der Waals surface area contributed by atoms with Gasteiger partial charge in [-0.3, -0.25) is 14.9 Å². The van der Waals surface area contributed by atoms with E-state index < -0.39 is 22.1 Å². The van der Waals surface area contributed by atoms with Gasteiger partial charge in [0.05, 0.1) is 4.92 Å². The maximum absolute atomic E-state index is 12.7. The maximum Gasteiger partial charge on any atom is 0.311 e. The van der Waals surface area contributed by atoms with E-state index in [4.69, 9.17) is 11.6 Å². The number of halogens is 1. The Bertz CT molecular complexity index is 1130. The van der Waals surface area contributed by atoms with E-state index in [0.29, 0.717) is 15.9 Å². The summed E-state index contributed by atoms with van der Waals surface area (Å²) >= 11 is 5.91. The number of nitriles is 1. The van der Waals surface area contributed by atoms with Crippen LogP contribution < -0.4 is 0 Å². The van der Waals surface area contributed by atoms with Crippen LogP contribution in [0.15, 0.2) is 48.2 Å². The van der Waals surface area contributed by atoms with Gasteiger partial charge >= 0.3 is 5.69 Å². The van der Waals surface area contributed by atoms with E-state index in [1.54, 1.807) is 18.2 Å². The molecule has 0 saturated heterocycles. The van der Waals surface area contributed by atoms with Crippen molar-refractivity contribution in [2.24, 2.45) is 0 Å². The first-order chi connectivity index (χ1) is 12.4. The molecule has 0 amide bonds. The molecule has 0 aliphatic carbocycles. The summed E-state index contributed by atoms with van der Waals surface area (Å²) < 4.78 is 0. The number of nitrogens with one attached hydrogen (secondary N) is 1. The van der Waals surface area contributed by atoms with Crippen LogP contribution in [0.4, 0.5) is 5.69 Å². The molecule has 1 heterocycles. The van der Waals surface area contributed by atoms with Gasteiger partial charge in [0.25, 0.3) is 0 Å². The Morgan fingerprint density at radius 2 is 2.08 bits per heavy atom. The molecule has 0 unspecified atom stereocenters. The molecule has 3 rings (SSSR count). The van der Waals surface area contributed by atoms with Gasteiger partial charge < -0.3 is 10.1 Å². The van der Waals surface area contributed by atoms with Crippen molar-refractivity contribution in [1.82, 2.24) is 4.98 Å². The summed E-state index contributed by atoms with van der Waals surface area (Å²) in [6, 6.07) is 10.4. The van der Waals surface area contributed by atoms with Gasteiger partial charge in [0.2, 0.25) is 5.78 Å². The van der Waals surface area contributed by atoms with Crippen molar-refractivity contribution in [2.75, 3.05) is 0 Å². The number of hydrogen-bond donors (Lipinski definition) is 2. The Labute approximate surface area is 151 Å². The summed E-state index contributed by atoms with van der Waals surface area (Å²) in [7, 11) is 0. The van der Waals surface area contributed by atoms with Crippen LogP contribution in [0.3, 0.4) is 0 Å². The van der Waals surface area contributed by atoms with Crippen molar-refractivity contribution in [2.45, 2.75) is 0 Å². The Balaban J connectivity index is 2.04. The number of rotatable bonds is 4. The van der Waals surface area contributed by atoms with Gasteiger partial charge in [-0.2, -0.15) is 5.26 Å². The number of nitro groups is 1. The molecule has 8 heteroatoms. The third kappa shape index (κ3) is 3.14. The molecule has 0 aliphatic rings. The number of aromatic nitrogens is 1. The van der Waals surface area contributed by atoms with Crippen LogP contribution in [0.2, 0.25) is 5.02 Å². The zero-order valence-corrected chi connectivity index (χ0v) is 13.8. The van der Waals surface area contributed by atoms with Gasteiger partial charge in [0.15, 0.2) is 5.75 Å². The lowest BCUT2D eigenvalue weighted by atomic mass is 10.0. The van der Waals surface area contributed by atoms with E-state index in [-0.39, 0.29) is 16.7 Å². The number of phenolic OH excluding ortho intramolecular Hbond substituents is 1. The van der Waals surface area contributed by atoms with Gasteiger partial charge in [-0.05, 0) is 29.8 Å². The highest BCUT2D eigenvalue weighted by molar-refractivity contribution is 6.31. The van der Waals surface area contributed by atoms with Crippen molar-refractivity contribution in [3.05, 3.63) is 74.4 Å². The van der Waals surface area contributed by atoms with Crippen molar-refractivity contribution >= 4 is 40.1 Å². The number of carbonyl (C=O) groups is 1. The second-order valence-corrected chi connectivity index (χ2v) is 5.83. The minimum Gasteiger partial charge on any atom is -0.502 e. The number of aromatic hydroxyl groups is 1. The standard InChI is InChI=1S/C18H10ClN3O4/c19-12-2-3-13-14(9-21-15(13)7-12)18(24)11(8-20)5-10-1-4-17(23)16(6-10)22(25)26/h1-7,9,21,23H/b11-5-. The molecule has 7 nitrogen and oxygen atoms in total. The summed E-state index contributed by atoms with van der Waals surface area (Å²) in [4.78, 5) is 25.8. The first-order valence-corrected chi connectivity index (χ1v) is 7.69. The van der Waals surface area contributed by atoms with Gasteiger partial charge in [-0.25, -0.2) is 0 Å². The monoisotopic (exact) mass is 367 g/mol. The van der Waals surface area contributed by atoms with Crippen LogP contribution in [0.25, 0.3) is 17.0 Å². The Kier molecular flexibility index (Phi) is 4.43. The topological polar surface area (TPSA) is 120 Å². The molecule has 26 heavy (non-hydrogen) atoms. The molecule has 0 spiro atoms. The van der Waals surface area contributed by atoms with Crippen LogP contribution in [-0.2, 0) is 0 Å². The summed E-state index contributed by atoms with van der Waals surface area (Å²) in [6.07, 6.45) is 2.72. The second-order valence-electron chi connectivity index (χ2n) is 5.40. The number of allylic oxidation sites excluding steroid dienone is 1. The van der Waals surface area contributed by atoms with E-state index in [1.165, 1.54) is 18.3 Å². The molecule has 3 aromatic rings. The van der Waals surface area contributed by atoms with E-state index in [0.717, 1.165) is 12.1 Å². The number of phenols is 1. The third-order valence-corrected chi connectivity index (χ3v) is 4.00. The zero-order valence-electron chi connectivity index (χ0n) is 13.1. The number of fused-ring (bicyclic) bond motifs is 1.